The van der Waals surface area contributed by atoms with Crippen LogP contribution in [0.25, 0.3) is 26.1 Å². The standard InChI is InChI=1S/C14H7N5S2/c15-7-10-12(11-4-2-6-20-11)17-14-19(10)18-13(21-14)9-3-1-5-16-8-9/h1-6,8H. The second kappa shape index (κ2) is 4.77. The van der Waals surface area contributed by atoms with Crippen LogP contribution in [-0.2, 0) is 0 Å². The highest BCUT2D eigenvalue weighted by atomic mass is 32.1. The third-order valence-electron chi connectivity index (χ3n) is 2.97. The van der Waals surface area contributed by atoms with Crippen molar-refractivity contribution in [1.29, 1.82) is 5.26 Å². The predicted molar refractivity (Wildman–Crippen MR) is 82.1 cm³/mol. The quantitative estimate of drug-likeness (QED) is 0.569. The van der Waals surface area contributed by atoms with Crippen molar-refractivity contribution in [2.24, 2.45) is 0 Å². The van der Waals surface area contributed by atoms with Gasteiger partial charge in [0, 0.05) is 18.0 Å². The van der Waals surface area contributed by atoms with Gasteiger partial charge in [0.1, 0.15) is 16.8 Å². The molecule has 7 heteroatoms. The number of nitriles is 1. The van der Waals surface area contributed by atoms with Gasteiger partial charge in [-0.15, -0.1) is 11.3 Å². The summed E-state index contributed by atoms with van der Waals surface area (Å²) >= 11 is 3.02. The van der Waals surface area contributed by atoms with Gasteiger partial charge in [-0.2, -0.15) is 14.9 Å². The van der Waals surface area contributed by atoms with Gasteiger partial charge in [0.25, 0.3) is 0 Å². The summed E-state index contributed by atoms with van der Waals surface area (Å²) < 4.78 is 1.61. The number of hydrogen-bond acceptors (Lipinski definition) is 6. The smallest absolute Gasteiger partial charge is 0.214 e. The van der Waals surface area contributed by atoms with Crippen LogP contribution < -0.4 is 0 Å². The maximum atomic E-state index is 9.43. The molecule has 5 nitrogen and oxygen atoms in total. The molecule has 0 saturated carbocycles. The Balaban J connectivity index is 1.92. The zero-order valence-electron chi connectivity index (χ0n) is 10.6. The molecule has 0 aromatic carbocycles. The van der Waals surface area contributed by atoms with Crippen molar-refractivity contribution in [2.75, 3.05) is 0 Å². The minimum absolute atomic E-state index is 0.471. The largest absolute Gasteiger partial charge is 0.264 e. The van der Waals surface area contributed by atoms with Gasteiger partial charge in [0.05, 0.1) is 4.88 Å². The minimum atomic E-state index is 0.471. The van der Waals surface area contributed by atoms with E-state index >= 15 is 0 Å². The van der Waals surface area contributed by atoms with Gasteiger partial charge in [-0.05, 0) is 23.6 Å². The Kier molecular flexibility index (Phi) is 2.77. The van der Waals surface area contributed by atoms with Crippen LogP contribution in [0.15, 0.2) is 42.0 Å². The predicted octanol–water partition coefficient (Wildman–Crippen LogP) is 3.45. The fraction of sp³-hybridized carbons (Fsp3) is 0. The molecule has 0 aliphatic carbocycles. The Morgan fingerprint density at radius 3 is 2.90 bits per heavy atom. The molecule has 4 aromatic heterocycles. The van der Waals surface area contributed by atoms with Crippen LogP contribution in [0.1, 0.15) is 5.69 Å². The first-order valence-electron chi connectivity index (χ1n) is 6.11. The summed E-state index contributed by atoms with van der Waals surface area (Å²) in [6.07, 6.45) is 3.47. The number of thiophene rings is 1. The topological polar surface area (TPSA) is 66.9 Å². The molecule has 0 amide bonds. The van der Waals surface area contributed by atoms with E-state index in [0.29, 0.717) is 16.3 Å². The maximum Gasteiger partial charge on any atom is 0.214 e. The monoisotopic (exact) mass is 309 g/mol. The second-order valence-electron chi connectivity index (χ2n) is 4.24. The van der Waals surface area contributed by atoms with Crippen molar-refractivity contribution in [2.45, 2.75) is 0 Å². The molecule has 4 aromatic rings. The van der Waals surface area contributed by atoms with E-state index in [0.717, 1.165) is 15.4 Å². The molecular formula is C14H7N5S2. The molecule has 0 bridgehead atoms. The van der Waals surface area contributed by atoms with Crippen LogP contribution in [0.2, 0.25) is 0 Å². The highest BCUT2D eigenvalue weighted by molar-refractivity contribution is 7.20. The highest BCUT2D eigenvalue weighted by Gasteiger charge is 2.18. The number of nitrogens with zero attached hydrogens (tertiary/aromatic N) is 5. The maximum absolute atomic E-state index is 9.43. The number of hydrogen-bond donors (Lipinski definition) is 0. The summed E-state index contributed by atoms with van der Waals surface area (Å²) in [5.41, 5.74) is 2.09. The van der Waals surface area contributed by atoms with Gasteiger partial charge in [-0.1, -0.05) is 17.4 Å². The van der Waals surface area contributed by atoms with Gasteiger partial charge in [0.15, 0.2) is 5.69 Å². The van der Waals surface area contributed by atoms with Crippen molar-refractivity contribution >= 4 is 27.6 Å². The van der Waals surface area contributed by atoms with E-state index in [4.69, 9.17) is 0 Å². The van der Waals surface area contributed by atoms with Gasteiger partial charge in [-0.25, -0.2) is 4.98 Å². The highest BCUT2D eigenvalue weighted by Crippen LogP contribution is 2.32. The fourth-order valence-corrected chi connectivity index (χ4v) is 3.64. The molecule has 100 valence electrons. The lowest BCUT2D eigenvalue weighted by Gasteiger charge is -1.93. The molecule has 0 saturated heterocycles. The second-order valence-corrected chi connectivity index (χ2v) is 6.15. The lowest BCUT2D eigenvalue weighted by Crippen LogP contribution is -1.90. The van der Waals surface area contributed by atoms with Crippen molar-refractivity contribution in [3.63, 3.8) is 0 Å². The van der Waals surface area contributed by atoms with E-state index in [2.05, 4.69) is 21.1 Å². The molecule has 4 heterocycles. The zero-order valence-corrected chi connectivity index (χ0v) is 12.2. The Labute approximate surface area is 127 Å². The van der Waals surface area contributed by atoms with E-state index in [1.165, 1.54) is 11.3 Å². The van der Waals surface area contributed by atoms with Crippen LogP contribution in [-0.4, -0.2) is 19.6 Å². The summed E-state index contributed by atoms with van der Waals surface area (Å²) in [6, 6.07) is 9.92. The minimum Gasteiger partial charge on any atom is -0.264 e. The number of fused-ring (bicyclic) bond motifs is 1. The van der Waals surface area contributed by atoms with E-state index in [1.807, 2.05) is 29.6 Å². The number of aromatic nitrogens is 4. The first-order valence-corrected chi connectivity index (χ1v) is 7.80. The third kappa shape index (κ3) is 1.93. The number of imidazole rings is 1. The molecule has 0 N–H and O–H groups in total. The average Bonchev–Trinajstić information content (AvgIpc) is 3.22. The summed E-state index contributed by atoms with van der Waals surface area (Å²) in [4.78, 5) is 10.3. The molecule has 0 unspecified atom stereocenters. The lowest BCUT2D eigenvalue weighted by molar-refractivity contribution is 0.960. The lowest BCUT2D eigenvalue weighted by atomic mass is 10.3. The van der Waals surface area contributed by atoms with E-state index in [9.17, 15) is 5.26 Å². The molecule has 0 radical (unpaired) electrons. The molecule has 0 spiro atoms. The van der Waals surface area contributed by atoms with E-state index in [1.54, 1.807) is 28.2 Å². The van der Waals surface area contributed by atoms with Gasteiger partial charge >= 0.3 is 0 Å². The van der Waals surface area contributed by atoms with Gasteiger partial charge in [-0.3, -0.25) is 4.98 Å². The number of pyridine rings is 1. The molecular weight excluding hydrogens is 302 g/mol. The summed E-state index contributed by atoms with van der Waals surface area (Å²) in [5.74, 6) is 0. The third-order valence-corrected chi connectivity index (χ3v) is 4.81. The summed E-state index contributed by atoms with van der Waals surface area (Å²) in [6.45, 7) is 0. The van der Waals surface area contributed by atoms with Crippen molar-refractivity contribution in [3.8, 4) is 27.2 Å². The average molecular weight is 309 g/mol. The summed E-state index contributed by atoms with van der Waals surface area (Å²) in [7, 11) is 0. The molecule has 4 rings (SSSR count). The van der Waals surface area contributed by atoms with Crippen LogP contribution in [0, 0.1) is 11.3 Å². The van der Waals surface area contributed by atoms with Crippen LogP contribution in [0.5, 0.6) is 0 Å². The van der Waals surface area contributed by atoms with Gasteiger partial charge < -0.3 is 0 Å². The Bertz CT molecular complexity index is 945. The Morgan fingerprint density at radius 2 is 2.19 bits per heavy atom. The number of rotatable bonds is 2. The first kappa shape index (κ1) is 12.2. The fourth-order valence-electron chi connectivity index (χ4n) is 2.04. The van der Waals surface area contributed by atoms with Crippen LogP contribution in [0.3, 0.4) is 0 Å². The van der Waals surface area contributed by atoms with Crippen molar-refractivity contribution < 1.29 is 0 Å². The normalized spacial score (nSPS) is 10.8. The summed E-state index contributed by atoms with van der Waals surface area (Å²) in [5, 5.41) is 16.7. The van der Waals surface area contributed by atoms with E-state index < -0.39 is 0 Å². The zero-order chi connectivity index (χ0) is 14.2. The Hall–Kier alpha value is -2.56. The van der Waals surface area contributed by atoms with E-state index in [-0.39, 0.29) is 0 Å². The molecule has 0 fully saturated rings. The van der Waals surface area contributed by atoms with Crippen molar-refractivity contribution in [3.05, 3.63) is 47.7 Å². The first-order chi connectivity index (χ1) is 10.4. The molecule has 0 aliphatic rings. The van der Waals surface area contributed by atoms with Crippen molar-refractivity contribution in [1.82, 2.24) is 19.6 Å². The van der Waals surface area contributed by atoms with Crippen LogP contribution in [0.4, 0.5) is 0 Å². The molecule has 21 heavy (non-hydrogen) atoms. The van der Waals surface area contributed by atoms with Gasteiger partial charge in [0.2, 0.25) is 4.96 Å². The molecule has 0 aliphatic heterocycles. The molecule has 0 atom stereocenters. The SMILES string of the molecule is N#Cc1c(-c2cccs2)nc2sc(-c3cccnc3)nn12. The van der Waals surface area contributed by atoms with Crippen LogP contribution >= 0.6 is 22.7 Å². The Morgan fingerprint density at radius 1 is 1.24 bits per heavy atom.